The second-order valence-electron chi connectivity index (χ2n) is 5.60. The first-order chi connectivity index (χ1) is 10.9. The van der Waals surface area contributed by atoms with Crippen LogP contribution in [0.3, 0.4) is 0 Å². The molecule has 0 unspecified atom stereocenters. The number of nitriles is 1. The standard InChI is InChI=1S/C16H17Cl2N3O2/c1-21(9-19)16(23)11-4-2-3-5-14(11)20-15(22)10-6-7-12(17)13(18)8-10/h6-8,11,14H,2-5H2,1H3,(H,20,22)/t11-,14-/m1/s1. The molecule has 23 heavy (non-hydrogen) atoms. The van der Waals surface area contributed by atoms with Crippen molar-refractivity contribution < 1.29 is 9.59 Å². The number of carbonyl (C=O) groups is 2. The average molecular weight is 354 g/mol. The van der Waals surface area contributed by atoms with Crippen LogP contribution in [-0.2, 0) is 4.79 Å². The highest BCUT2D eigenvalue weighted by molar-refractivity contribution is 6.42. The second kappa shape index (κ2) is 7.67. The van der Waals surface area contributed by atoms with E-state index in [1.165, 1.54) is 13.1 Å². The molecular weight excluding hydrogens is 337 g/mol. The molecule has 0 bridgehead atoms. The third-order valence-electron chi connectivity index (χ3n) is 4.06. The molecule has 1 fully saturated rings. The van der Waals surface area contributed by atoms with Crippen LogP contribution in [0.15, 0.2) is 18.2 Å². The maximum absolute atomic E-state index is 12.4. The molecule has 0 radical (unpaired) electrons. The molecule has 2 rings (SSSR count). The van der Waals surface area contributed by atoms with Gasteiger partial charge < -0.3 is 5.32 Å². The first kappa shape index (κ1) is 17.6. The molecule has 1 N–H and O–H groups in total. The lowest BCUT2D eigenvalue weighted by atomic mass is 9.83. The van der Waals surface area contributed by atoms with Crippen molar-refractivity contribution in [1.82, 2.24) is 10.2 Å². The number of benzene rings is 1. The Hall–Kier alpha value is -1.77. The molecule has 122 valence electrons. The topological polar surface area (TPSA) is 73.2 Å². The maximum Gasteiger partial charge on any atom is 0.251 e. The molecule has 0 heterocycles. The molecule has 0 aliphatic heterocycles. The van der Waals surface area contributed by atoms with Crippen molar-refractivity contribution in [2.24, 2.45) is 5.92 Å². The lowest BCUT2D eigenvalue weighted by Gasteiger charge is -2.32. The molecule has 7 heteroatoms. The molecule has 1 aromatic carbocycles. The summed E-state index contributed by atoms with van der Waals surface area (Å²) >= 11 is 11.8. The van der Waals surface area contributed by atoms with E-state index in [0.29, 0.717) is 28.5 Å². The Morgan fingerprint density at radius 1 is 1.26 bits per heavy atom. The van der Waals surface area contributed by atoms with E-state index in [0.717, 1.165) is 17.7 Å². The van der Waals surface area contributed by atoms with Crippen LogP contribution in [-0.4, -0.2) is 29.8 Å². The van der Waals surface area contributed by atoms with E-state index in [1.807, 2.05) is 6.19 Å². The molecule has 5 nitrogen and oxygen atoms in total. The summed E-state index contributed by atoms with van der Waals surface area (Å²) in [4.78, 5) is 25.7. The summed E-state index contributed by atoms with van der Waals surface area (Å²) in [6.07, 6.45) is 5.04. The highest BCUT2D eigenvalue weighted by Gasteiger charge is 2.34. The zero-order valence-corrected chi connectivity index (χ0v) is 14.2. The lowest BCUT2D eigenvalue weighted by Crippen LogP contribution is -2.48. The van der Waals surface area contributed by atoms with Crippen molar-refractivity contribution in [1.29, 1.82) is 5.26 Å². The Morgan fingerprint density at radius 2 is 1.96 bits per heavy atom. The number of hydrogen-bond acceptors (Lipinski definition) is 3. The van der Waals surface area contributed by atoms with E-state index in [-0.39, 0.29) is 23.8 Å². The van der Waals surface area contributed by atoms with Gasteiger partial charge in [0.1, 0.15) is 0 Å². The monoisotopic (exact) mass is 353 g/mol. The summed E-state index contributed by atoms with van der Waals surface area (Å²) in [6.45, 7) is 0. The molecule has 0 aromatic heterocycles. The summed E-state index contributed by atoms with van der Waals surface area (Å²) in [6, 6.07) is 4.37. The van der Waals surface area contributed by atoms with Crippen molar-refractivity contribution >= 4 is 35.0 Å². The minimum Gasteiger partial charge on any atom is -0.349 e. The number of halogens is 2. The fourth-order valence-electron chi connectivity index (χ4n) is 2.79. The van der Waals surface area contributed by atoms with Crippen LogP contribution in [0.4, 0.5) is 0 Å². The van der Waals surface area contributed by atoms with Gasteiger partial charge in [-0.3, -0.25) is 14.5 Å². The zero-order chi connectivity index (χ0) is 17.0. The van der Waals surface area contributed by atoms with Gasteiger partial charge in [-0.2, -0.15) is 5.26 Å². The van der Waals surface area contributed by atoms with Gasteiger partial charge in [-0.1, -0.05) is 36.0 Å². The van der Waals surface area contributed by atoms with Crippen molar-refractivity contribution in [2.45, 2.75) is 31.7 Å². The van der Waals surface area contributed by atoms with Crippen LogP contribution in [0.2, 0.25) is 10.0 Å². The number of hydrogen-bond donors (Lipinski definition) is 1. The van der Waals surface area contributed by atoms with Crippen molar-refractivity contribution in [3.05, 3.63) is 33.8 Å². The molecular formula is C16H17Cl2N3O2. The average Bonchev–Trinajstić information content (AvgIpc) is 2.56. The molecule has 2 amide bonds. The number of amides is 2. The first-order valence-corrected chi connectivity index (χ1v) is 8.13. The van der Waals surface area contributed by atoms with Gasteiger partial charge in [0.25, 0.3) is 5.91 Å². The van der Waals surface area contributed by atoms with Crippen LogP contribution >= 0.6 is 23.2 Å². The molecule has 1 aromatic rings. The van der Waals surface area contributed by atoms with Gasteiger partial charge in [-0.25, -0.2) is 0 Å². The van der Waals surface area contributed by atoms with E-state index in [9.17, 15) is 9.59 Å². The molecule has 0 spiro atoms. The van der Waals surface area contributed by atoms with Gasteiger partial charge >= 0.3 is 0 Å². The summed E-state index contributed by atoms with van der Waals surface area (Å²) < 4.78 is 0. The number of nitrogens with zero attached hydrogens (tertiary/aromatic N) is 2. The van der Waals surface area contributed by atoms with Gasteiger partial charge in [-0.05, 0) is 31.0 Å². The van der Waals surface area contributed by atoms with Crippen LogP contribution in [0.25, 0.3) is 0 Å². The first-order valence-electron chi connectivity index (χ1n) is 7.37. The van der Waals surface area contributed by atoms with E-state index >= 15 is 0 Å². The normalized spacial score (nSPS) is 20.4. The van der Waals surface area contributed by atoms with E-state index in [4.69, 9.17) is 28.5 Å². The second-order valence-corrected chi connectivity index (χ2v) is 6.41. The number of nitrogens with one attached hydrogen (secondary N) is 1. The SMILES string of the molecule is CN(C#N)C(=O)[C@@H]1CCCC[C@H]1NC(=O)c1ccc(Cl)c(Cl)c1. The summed E-state index contributed by atoms with van der Waals surface area (Å²) in [5, 5.41) is 12.5. The van der Waals surface area contributed by atoms with Gasteiger partial charge in [0.05, 0.1) is 16.0 Å². The summed E-state index contributed by atoms with van der Waals surface area (Å²) in [7, 11) is 1.44. The Bertz CT molecular complexity index is 657. The van der Waals surface area contributed by atoms with Gasteiger partial charge in [0.2, 0.25) is 5.91 Å². The molecule has 2 atom stereocenters. The zero-order valence-electron chi connectivity index (χ0n) is 12.7. The third kappa shape index (κ3) is 4.15. The van der Waals surface area contributed by atoms with Gasteiger partial charge in [-0.15, -0.1) is 0 Å². The largest absolute Gasteiger partial charge is 0.349 e. The lowest BCUT2D eigenvalue weighted by molar-refractivity contribution is -0.133. The summed E-state index contributed by atoms with van der Waals surface area (Å²) in [5.41, 5.74) is 0.393. The van der Waals surface area contributed by atoms with Gasteiger partial charge in [0, 0.05) is 18.7 Å². The Kier molecular flexibility index (Phi) is 5.86. The Labute approximate surface area is 145 Å². The smallest absolute Gasteiger partial charge is 0.251 e. The predicted molar refractivity (Wildman–Crippen MR) is 88.1 cm³/mol. The van der Waals surface area contributed by atoms with E-state index in [1.54, 1.807) is 12.1 Å². The van der Waals surface area contributed by atoms with Crippen molar-refractivity contribution in [3.8, 4) is 6.19 Å². The maximum atomic E-state index is 12.4. The Morgan fingerprint density at radius 3 is 2.61 bits per heavy atom. The van der Waals surface area contributed by atoms with E-state index in [2.05, 4.69) is 5.32 Å². The van der Waals surface area contributed by atoms with E-state index < -0.39 is 0 Å². The molecule has 0 saturated heterocycles. The minimum atomic E-state index is -0.375. The van der Waals surface area contributed by atoms with Crippen LogP contribution in [0, 0.1) is 17.4 Å². The fourth-order valence-corrected chi connectivity index (χ4v) is 3.08. The highest BCUT2D eigenvalue weighted by atomic mass is 35.5. The van der Waals surface area contributed by atoms with Crippen molar-refractivity contribution in [2.75, 3.05) is 7.05 Å². The minimum absolute atomic E-state index is 0.258. The van der Waals surface area contributed by atoms with Crippen LogP contribution in [0.1, 0.15) is 36.0 Å². The number of rotatable bonds is 3. The molecule has 1 aliphatic rings. The Balaban J connectivity index is 2.12. The van der Waals surface area contributed by atoms with Gasteiger partial charge in [0.15, 0.2) is 6.19 Å². The van der Waals surface area contributed by atoms with Crippen molar-refractivity contribution in [3.63, 3.8) is 0 Å². The predicted octanol–water partition coefficient (Wildman–Crippen LogP) is 3.22. The van der Waals surface area contributed by atoms with Crippen LogP contribution in [0.5, 0.6) is 0 Å². The third-order valence-corrected chi connectivity index (χ3v) is 4.80. The number of carbonyl (C=O) groups excluding carboxylic acids is 2. The van der Waals surface area contributed by atoms with Crippen LogP contribution < -0.4 is 5.32 Å². The quantitative estimate of drug-likeness (QED) is 0.669. The molecule has 1 aliphatic carbocycles. The molecule has 1 saturated carbocycles. The summed E-state index contributed by atoms with van der Waals surface area (Å²) in [5.74, 6) is -0.931. The fraction of sp³-hybridized carbons (Fsp3) is 0.438. The highest BCUT2D eigenvalue weighted by Crippen LogP contribution is 2.27.